The van der Waals surface area contributed by atoms with Gasteiger partial charge in [-0.15, -0.1) is 0 Å². The minimum Gasteiger partial charge on any atom is -0.497 e. The molecule has 0 radical (unpaired) electrons. The normalized spacial score (nSPS) is 17.0. The molecule has 0 atom stereocenters. The van der Waals surface area contributed by atoms with Crippen molar-refractivity contribution in [2.24, 2.45) is 0 Å². The maximum absolute atomic E-state index is 13.2. The first-order valence-corrected chi connectivity index (χ1v) is 10.5. The highest BCUT2D eigenvalue weighted by atomic mass is 16.6. The third kappa shape index (κ3) is 4.19. The average molecular weight is 395 g/mol. The molecule has 0 spiro atoms. The van der Waals surface area contributed by atoms with E-state index in [1.165, 1.54) is 5.56 Å². The average Bonchev–Trinajstić information content (AvgIpc) is 3.28. The predicted molar refractivity (Wildman–Crippen MR) is 112 cm³/mol. The van der Waals surface area contributed by atoms with Crippen LogP contribution >= 0.6 is 0 Å². The summed E-state index contributed by atoms with van der Waals surface area (Å²) in [7, 11) is 1.67. The lowest BCUT2D eigenvalue weighted by Crippen LogP contribution is -2.43. The molecule has 1 saturated carbocycles. The van der Waals surface area contributed by atoms with E-state index in [1.54, 1.807) is 7.11 Å². The number of nitrogens with one attached hydrogen (secondary N) is 1. The first-order valence-electron chi connectivity index (χ1n) is 10.5. The van der Waals surface area contributed by atoms with Crippen LogP contribution in [0.5, 0.6) is 17.2 Å². The molecule has 2 aromatic carbocycles. The molecule has 0 aromatic heterocycles. The van der Waals surface area contributed by atoms with Crippen LogP contribution in [0.3, 0.4) is 0 Å². The van der Waals surface area contributed by atoms with Crippen LogP contribution in [0.1, 0.15) is 43.2 Å². The Morgan fingerprint density at radius 3 is 2.48 bits per heavy atom. The molecule has 1 N–H and O–H groups in total. The lowest BCUT2D eigenvalue weighted by Gasteiger charge is -2.30. The number of fused-ring (bicyclic) bond motifs is 1. The van der Waals surface area contributed by atoms with Crippen LogP contribution in [-0.2, 0) is 16.6 Å². The fourth-order valence-corrected chi connectivity index (χ4v) is 4.42. The van der Waals surface area contributed by atoms with Crippen molar-refractivity contribution in [3.63, 3.8) is 0 Å². The number of benzene rings is 2. The van der Waals surface area contributed by atoms with Gasteiger partial charge in [0.05, 0.1) is 12.5 Å². The SMILES string of the molecule is COc1ccc(CCCNC(=O)C2(c3ccc4c(c3)OCCO4)CCCC2)cc1. The fourth-order valence-electron chi connectivity index (χ4n) is 4.42. The van der Waals surface area contributed by atoms with Crippen molar-refractivity contribution in [3.8, 4) is 17.2 Å². The molecule has 1 amide bonds. The van der Waals surface area contributed by atoms with Gasteiger partial charge in [0, 0.05) is 6.54 Å². The molecule has 0 bridgehead atoms. The summed E-state index contributed by atoms with van der Waals surface area (Å²) in [6, 6.07) is 14.1. The summed E-state index contributed by atoms with van der Waals surface area (Å²) in [6.07, 6.45) is 5.77. The van der Waals surface area contributed by atoms with Crippen LogP contribution < -0.4 is 19.5 Å². The number of hydrogen-bond donors (Lipinski definition) is 1. The summed E-state index contributed by atoms with van der Waals surface area (Å²) in [5.41, 5.74) is 1.85. The molecule has 154 valence electrons. The van der Waals surface area contributed by atoms with Gasteiger partial charge in [-0.05, 0) is 61.1 Å². The highest BCUT2D eigenvalue weighted by Crippen LogP contribution is 2.44. The van der Waals surface area contributed by atoms with E-state index in [0.29, 0.717) is 19.8 Å². The molecule has 1 aliphatic heterocycles. The van der Waals surface area contributed by atoms with Crippen molar-refractivity contribution >= 4 is 5.91 Å². The summed E-state index contributed by atoms with van der Waals surface area (Å²) >= 11 is 0. The molecule has 1 aliphatic carbocycles. The molecule has 1 heterocycles. The monoisotopic (exact) mass is 395 g/mol. The topological polar surface area (TPSA) is 56.8 Å². The van der Waals surface area contributed by atoms with Gasteiger partial charge in [-0.2, -0.15) is 0 Å². The first-order chi connectivity index (χ1) is 14.2. The third-order valence-corrected chi connectivity index (χ3v) is 6.07. The maximum atomic E-state index is 13.2. The van der Waals surface area contributed by atoms with E-state index in [2.05, 4.69) is 17.4 Å². The second kappa shape index (κ2) is 8.76. The predicted octanol–water partition coefficient (Wildman–Crippen LogP) is 4.03. The zero-order valence-electron chi connectivity index (χ0n) is 17.0. The van der Waals surface area contributed by atoms with E-state index >= 15 is 0 Å². The molecule has 0 saturated heterocycles. The van der Waals surface area contributed by atoms with Gasteiger partial charge in [0.25, 0.3) is 0 Å². The van der Waals surface area contributed by atoms with Gasteiger partial charge >= 0.3 is 0 Å². The molecule has 5 heteroatoms. The maximum Gasteiger partial charge on any atom is 0.230 e. The third-order valence-electron chi connectivity index (χ3n) is 6.07. The molecule has 2 aromatic rings. The number of aryl methyl sites for hydroxylation is 1. The van der Waals surface area contributed by atoms with Crippen molar-refractivity contribution in [2.75, 3.05) is 26.9 Å². The minimum atomic E-state index is -0.448. The summed E-state index contributed by atoms with van der Waals surface area (Å²) in [5.74, 6) is 2.53. The van der Waals surface area contributed by atoms with Gasteiger partial charge in [-0.25, -0.2) is 0 Å². The molecular formula is C24H29NO4. The van der Waals surface area contributed by atoms with Crippen molar-refractivity contribution in [1.82, 2.24) is 5.32 Å². The van der Waals surface area contributed by atoms with Gasteiger partial charge in [0.1, 0.15) is 19.0 Å². The van der Waals surface area contributed by atoms with Gasteiger partial charge in [-0.1, -0.05) is 31.0 Å². The number of carbonyl (C=O) groups excluding carboxylic acids is 1. The van der Waals surface area contributed by atoms with Gasteiger partial charge in [-0.3, -0.25) is 4.79 Å². The van der Waals surface area contributed by atoms with Crippen LogP contribution in [0, 0.1) is 0 Å². The van der Waals surface area contributed by atoms with E-state index in [-0.39, 0.29) is 5.91 Å². The van der Waals surface area contributed by atoms with E-state index in [9.17, 15) is 4.79 Å². The van der Waals surface area contributed by atoms with E-state index in [1.807, 2.05) is 30.3 Å². The first kappa shape index (κ1) is 19.6. The standard InChI is InChI=1S/C24H29NO4/c1-27-20-9-6-18(7-10-20)5-4-14-25-23(26)24(12-2-3-13-24)19-8-11-21-22(17-19)29-16-15-28-21/h6-11,17H,2-5,12-16H2,1H3,(H,25,26). The minimum absolute atomic E-state index is 0.140. The molecule has 2 aliphatic rings. The number of ether oxygens (including phenoxy) is 3. The smallest absolute Gasteiger partial charge is 0.230 e. The summed E-state index contributed by atoms with van der Waals surface area (Å²) in [6.45, 7) is 1.81. The van der Waals surface area contributed by atoms with Crippen LogP contribution in [-0.4, -0.2) is 32.8 Å². The molecule has 0 unspecified atom stereocenters. The second-order valence-electron chi connectivity index (χ2n) is 7.86. The van der Waals surface area contributed by atoms with Gasteiger partial charge in [0.2, 0.25) is 5.91 Å². The van der Waals surface area contributed by atoms with Gasteiger partial charge in [0.15, 0.2) is 11.5 Å². The Labute approximate surface area is 172 Å². The zero-order valence-corrected chi connectivity index (χ0v) is 17.0. The van der Waals surface area contributed by atoms with Crippen LogP contribution in [0.2, 0.25) is 0 Å². The Morgan fingerprint density at radius 1 is 1.03 bits per heavy atom. The van der Waals surface area contributed by atoms with Crippen molar-refractivity contribution in [3.05, 3.63) is 53.6 Å². The Hall–Kier alpha value is -2.69. The van der Waals surface area contributed by atoms with E-state index < -0.39 is 5.41 Å². The summed E-state index contributed by atoms with van der Waals surface area (Å²) < 4.78 is 16.6. The highest BCUT2D eigenvalue weighted by Gasteiger charge is 2.43. The van der Waals surface area contributed by atoms with Gasteiger partial charge < -0.3 is 19.5 Å². The van der Waals surface area contributed by atoms with E-state index in [0.717, 1.165) is 61.3 Å². The number of carbonyl (C=O) groups is 1. The summed E-state index contributed by atoms with van der Waals surface area (Å²) in [4.78, 5) is 13.2. The van der Waals surface area contributed by atoms with Crippen LogP contribution in [0.4, 0.5) is 0 Å². The number of rotatable bonds is 7. The van der Waals surface area contributed by atoms with E-state index in [4.69, 9.17) is 14.2 Å². The lowest BCUT2D eigenvalue weighted by molar-refractivity contribution is -0.126. The Kier molecular flexibility index (Phi) is 5.93. The molecule has 5 nitrogen and oxygen atoms in total. The molecule has 29 heavy (non-hydrogen) atoms. The van der Waals surface area contributed by atoms with Crippen molar-refractivity contribution in [2.45, 2.75) is 43.9 Å². The second-order valence-corrected chi connectivity index (χ2v) is 7.86. The largest absolute Gasteiger partial charge is 0.497 e. The van der Waals surface area contributed by atoms with Crippen LogP contribution in [0.15, 0.2) is 42.5 Å². The quantitative estimate of drug-likeness (QED) is 0.719. The molecule has 4 rings (SSSR count). The molecular weight excluding hydrogens is 366 g/mol. The Morgan fingerprint density at radius 2 is 1.76 bits per heavy atom. The Balaban J connectivity index is 1.38. The number of amides is 1. The lowest BCUT2D eigenvalue weighted by atomic mass is 9.77. The van der Waals surface area contributed by atoms with Crippen molar-refractivity contribution < 1.29 is 19.0 Å². The zero-order chi connectivity index (χ0) is 20.1. The molecule has 1 fully saturated rings. The Bertz CT molecular complexity index is 840. The number of methoxy groups -OCH3 is 1. The van der Waals surface area contributed by atoms with Crippen molar-refractivity contribution in [1.29, 1.82) is 0 Å². The highest BCUT2D eigenvalue weighted by molar-refractivity contribution is 5.88. The van der Waals surface area contributed by atoms with Crippen LogP contribution in [0.25, 0.3) is 0 Å². The number of hydrogen-bond acceptors (Lipinski definition) is 4. The fraction of sp³-hybridized carbons (Fsp3) is 0.458. The summed E-state index contributed by atoms with van der Waals surface area (Å²) in [5, 5.41) is 3.20.